The van der Waals surface area contributed by atoms with E-state index in [1.54, 1.807) is 5.19 Å². The van der Waals surface area contributed by atoms with E-state index >= 15 is 0 Å². The highest BCUT2D eigenvalue weighted by Gasteiger charge is 2.45. The van der Waals surface area contributed by atoms with Crippen molar-refractivity contribution >= 4 is 62.7 Å². The summed E-state index contributed by atoms with van der Waals surface area (Å²) in [6, 6.07) is 48.0. The summed E-state index contributed by atoms with van der Waals surface area (Å²) in [4.78, 5) is 4.87. The van der Waals surface area contributed by atoms with Crippen LogP contribution in [0.2, 0.25) is 19.6 Å². The van der Waals surface area contributed by atoms with Crippen molar-refractivity contribution in [2.24, 2.45) is 5.92 Å². The minimum absolute atomic E-state index is 0.117. The van der Waals surface area contributed by atoms with Crippen molar-refractivity contribution in [2.75, 3.05) is 0 Å². The SMILES string of the molecule is C=C1CC2C(CCc3cc4oc5cc6ccccc6cc5c4cc3-c3n(-c4c(C(C)C)cc(-c5ccccc5)cc4C(C)C)c4ccccc4[n+]31)c1cnccc1-c1cc(CC(C)C)c([Si](C)(C)C)c[n+]12. The van der Waals surface area contributed by atoms with E-state index in [4.69, 9.17) is 16.0 Å². The molecule has 6 heterocycles. The zero-order chi connectivity index (χ0) is 49.0. The van der Waals surface area contributed by atoms with Crippen LogP contribution in [0, 0.1) is 5.92 Å². The topological polar surface area (TPSA) is 38.7 Å². The Kier molecular flexibility index (Phi) is 10.9. The lowest BCUT2D eigenvalue weighted by Gasteiger charge is -2.33. The average Bonchev–Trinajstić information content (AvgIpc) is 3.88. The number of hydrogen-bond donors (Lipinski definition) is 0. The lowest BCUT2D eigenvalue weighted by Crippen LogP contribution is -2.54. The van der Waals surface area contributed by atoms with E-state index in [9.17, 15) is 0 Å². The smallest absolute Gasteiger partial charge is 0.300 e. The zero-order valence-electron chi connectivity index (χ0n) is 43.0. The molecule has 0 fully saturated rings. The van der Waals surface area contributed by atoms with Gasteiger partial charge in [-0.15, -0.1) is 0 Å². The molecule has 0 saturated carbocycles. The van der Waals surface area contributed by atoms with Gasteiger partial charge in [0.15, 0.2) is 23.3 Å². The molecule has 0 N–H and O–H groups in total. The number of nitrogens with zero attached hydrogens (tertiary/aromatic N) is 4. The molecule has 2 aliphatic rings. The molecule has 0 amide bonds. The van der Waals surface area contributed by atoms with Crippen LogP contribution in [0.4, 0.5) is 0 Å². The summed E-state index contributed by atoms with van der Waals surface area (Å²) < 4.78 is 14.8. The second kappa shape index (κ2) is 17.2. The molecule has 71 heavy (non-hydrogen) atoms. The van der Waals surface area contributed by atoms with Crippen molar-refractivity contribution in [3.05, 3.63) is 180 Å². The number of pyridine rings is 2. The monoisotopic (exact) mass is 946 g/mol. The Morgan fingerprint density at radius 2 is 1.41 bits per heavy atom. The van der Waals surface area contributed by atoms with E-state index in [-0.39, 0.29) is 23.8 Å². The molecule has 2 atom stereocenters. The zero-order valence-corrected chi connectivity index (χ0v) is 44.0. The summed E-state index contributed by atoms with van der Waals surface area (Å²) in [5.41, 5.74) is 19.7. The van der Waals surface area contributed by atoms with Crippen LogP contribution in [0.15, 0.2) is 157 Å². The number of aryl methyl sites for hydroxylation is 1. The fourth-order valence-corrected chi connectivity index (χ4v) is 14.2. The first-order valence-corrected chi connectivity index (χ1v) is 29.6. The van der Waals surface area contributed by atoms with Gasteiger partial charge < -0.3 is 4.42 Å². The standard InChI is InChI=1S/C65H66N4OSi/c1-39(2)28-48-33-60-50-26-27-66-37-56(50)49-25-24-46-35-62-55(54-30-44-20-14-15-21-45(44)34-61(54)70-62)36-53(46)65-68(42(7)29-59(49)67(60)38-63(48)71(8,9)10)57-22-16-17-23-58(57)69(65)64-51(40(3)4)31-47(32-52(64)41(5)6)43-18-12-11-13-19-43/h11-23,26-27,30-41,49,59H,7,24-25,28-29H2,1-6,8-10H3/q+2. The maximum absolute atomic E-state index is 6.95. The van der Waals surface area contributed by atoms with Crippen molar-refractivity contribution in [3.63, 3.8) is 0 Å². The molecule has 0 bridgehead atoms. The molecular weight excluding hydrogens is 881 g/mol. The van der Waals surface area contributed by atoms with Gasteiger partial charge >= 0.3 is 0 Å². The number of para-hydroxylation sites is 2. The fourth-order valence-electron chi connectivity index (χ4n) is 12.5. The Morgan fingerprint density at radius 3 is 2.13 bits per heavy atom. The highest BCUT2D eigenvalue weighted by molar-refractivity contribution is 6.89. The maximum Gasteiger partial charge on any atom is 0.300 e. The van der Waals surface area contributed by atoms with Crippen LogP contribution in [-0.4, -0.2) is 17.6 Å². The summed E-state index contributed by atoms with van der Waals surface area (Å²) >= 11 is 0. The largest absolute Gasteiger partial charge is 0.456 e. The predicted molar refractivity (Wildman–Crippen MR) is 299 cm³/mol. The van der Waals surface area contributed by atoms with E-state index < -0.39 is 8.07 Å². The van der Waals surface area contributed by atoms with Crippen molar-refractivity contribution in [1.29, 1.82) is 0 Å². The second-order valence-corrected chi connectivity index (χ2v) is 27.8. The molecule has 354 valence electrons. The van der Waals surface area contributed by atoms with Gasteiger partial charge in [-0.3, -0.25) is 4.98 Å². The van der Waals surface area contributed by atoms with Gasteiger partial charge in [-0.1, -0.05) is 134 Å². The van der Waals surface area contributed by atoms with Gasteiger partial charge in [0.1, 0.15) is 22.6 Å². The third kappa shape index (κ3) is 7.51. The van der Waals surface area contributed by atoms with Gasteiger partial charge in [0.25, 0.3) is 5.82 Å². The number of imidazole rings is 1. The Hall–Kier alpha value is -6.89. The minimum Gasteiger partial charge on any atom is -0.456 e. The fraction of sp³-hybridized carbons (Fsp3) is 0.277. The first kappa shape index (κ1) is 45.3. The molecule has 4 aromatic heterocycles. The number of aromatic nitrogens is 4. The van der Waals surface area contributed by atoms with Crippen LogP contribution in [0.3, 0.4) is 0 Å². The molecule has 0 aliphatic carbocycles. The van der Waals surface area contributed by atoms with Gasteiger partial charge in [-0.05, 0) is 130 Å². The molecule has 6 aromatic carbocycles. The Balaban J connectivity index is 1.19. The summed E-state index contributed by atoms with van der Waals surface area (Å²) in [6.45, 7) is 26.9. The van der Waals surface area contributed by atoms with Gasteiger partial charge in [0.05, 0.1) is 25.6 Å². The molecule has 6 heteroatoms. The summed E-state index contributed by atoms with van der Waals surface area (Å²) in [5, 5.41) is 6.23. The van der Waals surface area contributed by atoms with E-state index in [0.29, 0.717) is 5.92 Å². The summed E-state index contributed by atoms with van der Waals surface area (Å²) in [5.74, 6) is 2.39. The van der Waals surface area contributed by atoms with E-state index in [2.05, 4.69) is 215 Å². The normalized spacial score (nSPS) is 16.0. The highest BCUT2D eigenvalue weighted by Crippen LogP contribution is 2.47. The molecule has 12 rings (SSSR count). The maximum atomic E-state index is 6.95. The van der Waals surface area contributed by atoms with Crippen LogP contribution in [0.25, 0.3) is 88.9 Å². The van der Waals surface area contributed by atoms with Gasteiger partial charge in [-0.25, -0.2) is 0 Å². The predicted octanol–water partition coefficient (Wildman–Crippen LogP) is 15.8. The number of benzene rings is 6. The molecule has 2 aliphatic heterocycles. The molecule has 5 nitrogen and oxygen atoms in total. The number of allylic oxidation sites excluding steroid dienone is 1. The third-order valence-electron chi connectivity index (χ3n) is 15.8. The lowest BCUT2D eigenvalue weighted by atomic mass is 9.78. The van der Waals surface area contributed by atoms with E-state index in [1.807, 2.05) is 6.20 Å². The molecule has 0 spiro atoms. The van der Waals surface area contributed by atoms with Crippen LogP contribution >= 0.6 is 0 Å². The molecular formula is C65H66N4OSi+2. The van der Waals surface area contributed by atoms with E-state index in [0.717, 1.165) is 64.7 Å². The summed E-state index contributed by atoms with van der Waals surface area (Å²) in [7, 11) is -1.77. The average molecular weight is 947 g/mol. The van der Waals surface area contributed by atoms with Crippen LogP contribution in [-0.2, 0) is 12.8 Å². The first-order chi connectivity index (χ1) is 34.2. The van der Waals surface area contributed by atoms with Gasteiger partial charge in [0.2, 0.25) is 5.69 Å². The minimum atomic E-state index is -1.77. The summed E-state index contributed by atoms with van der Waals surface area (Å²) in [6.07, 6.45) is 10.4. The number of hydrogen-bond acceptors (Lipinski definition) is 2. The molecule has 0 saturated heterocycles. The molecule has 0 radical (unpaired) electrons. The number of fused-ring (bicyclic) bond motifs is 15. The van der Waals surface area contributed by atoms with Crippen LogP contribution in [0.5, 0.6) is 0 Å². The van der Waals surface area contributed by atoms with E-state index in [1.165, 1.54) is 77.7 Å². The molecule has 2 unspecified atom stereocenters. The van der Waals surface area contributed by atoms with Crippen molar-refractivity contribution < 1.29 is 13.6 Å². The number of rotatable bonds is 7. The Morgan fingerprint density at radius 1 is 0.732 bits per heavy atom. The quantitative estimate of drug-likeness (QED) is 0.118. The lowest BCUT2D eigenvalue weighted by molar-refractivity contribution is -0.719. The van der Waals surface area contributed by atoms with Crippen molar-refractivity contribution in [1.82, 2.24) is 9.55 Å². The number of furan rings is 1. The Bertz CT molecular complexity index is 3740. The Labute approximate surface area is 420 Å². The first-order valence-electron chi connectivity index (χ1n) is 26.1. The van der Waals surface area contributed by atoms with Crippen LogP contribution < -0.4 is 14.3 Å². The van der Waals surface area contributed by atoms with Crippen molar-refractivity contribution in [3.8, 4) is 39.5 Å². The van der Waals surface area contributed by atoms with Crippen molar-refractivity contribution in [2.45, 2.75) is 111 Å². The van der Waals surface area contributed by atoms with Crippen LogP contribution in [0.1, 0.15) is 106 Å². The third-order valence-corrected chi connectivity index (χ3v) is 17.9. The van der Waals surface area contributed by atoms with Gasteiger partial charge in [0, 0.05) is 51.5 Å². The highest BCUT2D eigenvalue weighted by atomic mass is 28.3. The molecule has 10 aromatic rings. The van der Waals surface area contributed by atoms with Gasteiger partial charge in [-0.2, -0.15) is 13.7 Å². The second-order valence-electron chi connectivity index (χ2n) is 22.8.